The maximum absolute atomic E-state index is 11.5. The molecule has 1 atom stereocenters. The molecule has 1 N–H and O–H groups in total. The number of carbonyl (C=O) groups excluding carboxylic acids is 1. The molecule has 0 saturated heterocycles. The van der Waals surface area contributed by atoms with E-state index in [-0.39, 0.29) is 17.4 Å². The van der Waals surface area contributed by atoms with Gasteiger partial charge in [0, 0.05) is 18.3 Å². The fraction of sp³-hybridized carbons (Fsp3) is 0.909. The zero-order valence-corrected chi connectivity index (χ0v) is 10.4. The van der Waals surface area contributed by atoms with Gasteiger partial charge in [-0.3, -0.25) is 4.79 Å². The summed E-state index contributed by atoms with van der Waals surface area (Å²) in [5.74, 6) is 0.739. The van der Waals surface area contributed by atoms with Crippen LogP contribution in [-0.4, -0.2) is 17.8 Å². The molecule has 0 aromatic rings. The Balaban J connectivity index is 3.91. The first-order valence-electron chi connectivity index (χ1n) is 5.24. The number of nitrogens with one attached hydrogen (secondary N) is 1. The van der Waals surface area contributed by atoms with Gasteiger partial charge in [0.1, 0.15) is 0 Å². The molecule has 14 heavy (non-hydrogen) atoms. The molecule has 0 fully saturated rings. The Morgan fingerprint density at radius 3 is 2.36 bits per heavy atom. The number of amides is 1. The summed E-state index contributed by atoms with van der Waals surface area (Å²) in [6.07, 6.45) is 2.38. The Hall–Kier alpha value is -0.240. The molecule has 0 aliphatic heterocycles. The molecule has 3 heteroatoms. The lowest BCUT2D eigenvalue weighted by molar-refractivity contribution is -0.123. The fourth-order valence-corrected chi connectivity index (χ4v) is 1.53. The van der Waals surface area contributed by atoms with Gasteiger partial charge in [0.25, 0.3) is 0 Å². The summed E-state index contributed by atoms with van der Waals surface area (Å²) in [6.45, 7) is 8.26. The third-order valence-corrected chi connectivity index (χ3v) is 2.22. The molecule has 1 unspecified atom stereocenters. The van der Waals surface area contributed by atoms with Crippen LogP contribution in [-0.2, 0) is 4.79 Å². The van der Waals surface area contributed by atoms with Gasteiger partial charge in [-0.25, -0.2) is 0 Å². The van der Waals surface area contributed by atoms with Gasteiger partial charge in [-0.2, -0.15) is 0 Å². The maximum Gasteiger partial charge on any atom is 0.220 e. The highest BCUT2D eigenvalue weighted by Crippen LogP contribution is 2.18. The third-order valence-electron chi connectivity index (χ3n) is 2.01. The highest BCUT2D eigenvalue weighted by Gasteiger charge is 2.17. The minimum absolute atomic E-state index is 0.0589. The van der Waals surface area contributed by atoms with Gasteiger partial charge in [0.15, 0.2) is 0 Å². The molecule has 0 aliphatic carbocycles. The van der Waals surface area contributed by atoms with Crippen LogP contribution >= 0.6 is 11.6 Å². The second-order valence-corrected chi connectivity index (χ2v) is 5.27. The second-order valence-electron chi connectivity index (χ2n) is 4.89. The molecule has 1 amide bonds. The van der Waals surface area contributed by atoms with Gasteiger partial charge < -0.3 is 5.32 Å². The van der Waals surface area contributed by atoms with Crippen molar-refractivity contribution in [2.45, 2.75) is 53.0 Å². The fourth-order valence-electron chi connectivity index (χ4n) is 1.27. The first-order chi connectivity index (χ1) is 6.39. The minimum atomic E-state index is 0.0589. The zero-order chi connectivity index (χ0) is 11.2. The van der Waals surface area contributed by atoms with Crippen molar-refractivity contribution in [2.24, 2.45) is 5.41 Å². The van der Waals surface area contributed by atoms with Crippen LogP contribution in [0.4, 0.5) is 0 Å². The van der Waals surface area contributed by atoms with Crippen molar-refractivity contribution in [3.05, 3.63) is 0 Å². The topological polar surface area (TPSA) is 29.1 Å². The summed E-state index contributed by atoms with van der Waals surface area (Å²) < 4.78 is 0. The predicted molar refractivity (Wildman–Crippen MR) is 61.6 cm³/mol. The smallest absolute Gasteiger partial charge is 0.220 e. The minimum Gasteiger partial charge on any atom is -0.353 e. The van der Waals surface area contributed by atoms with E-state index < -0.39 is 0 Å². The Morgan fingerprint density at radius 1 is 1.43 bits per heavy atom. The molecular weight excluding hydrogens is 198 g/mol. The summed E-state index contributed by atoms with van der Waals surface area (Å²) in [5.41, 5.74) is 0.0589. The van der Waals surface area contributed by atoms with Gasteiger partial charge in [-0.1, -0.05) is 27.7 Å². The van der Waals surface area contributed by atoms with Crippen molar-refractivity contribution in [2.75, 3.05) is 5.88 Å². The van der Waals surface area contributed by atoms with E-state index >= 15 is 0 Å². The normalized spacial score (nSPS) is 13.8. The van der Waals surface area contributed by atoms with Crippen LogP contribution in [0.1, 0.15) is 47.0 Å². The van der Waals surface area contributed by atoms with Gasteiger partial charge >= 0.3 is 0 Å². The molecule has 0 bridgehead atoms. The SMILES string of the molecule is CCC(CCCl)NC(=O)CC(C)(C)C. The number of carbonyl (C=O) groups is 1. The molecule has 84 valence electrons. The Labute approximate surface area is 92.4 Å². The number of hydrogen-bond donors (Lipinski definition) is 1. The van der Waals surface area contributed by atoms with Crippen molar-refractivity contribution < 1.29 is 4.79 Å². The number of hydrogen-bond acceptors (Lipinski definition) is 1. The van der Waals surface area contributed by atoms with E-state index in [0.29, 0.717) is 12.3 Å². The number of alkyl halides is 1. The van der Waals surface area contributed by atoms with Crippen molar-refractivity contribution in [1.29, 1.82) is 0 Å². The lowest BCUT2D eigenvalue weighted by atomic mass is 9.92. The lowest BCUT2D eigenvalue weighted by Gasteiger charge is -2.21. The van der Waals surface area contributed by atoms with E-state index in [1.165, 1.54) is 0 Å². The summed E-state index contributed by atoms with van der Waals surface area (Å²) in [6, 6.07) is 0.238. The maximum atomic E-state index is 11.5. The van der Waals surface area contributed by atoms with E-state index in [1.54, 1.807) is 0 Å². The monoisotopic (exact) mass is 219 g/mol. The van der Waals surface area contributed by atoms with Crippen LogP contribution in [0, 0.1) is 5.41 Å². The van der Waals surface area contributed by atoms with E-state index in [2.05, 4.69) is 33.0 Å². The summed E-state index contributed by atoms with van der Waals surface area (Å²) in [7, 11) is 0. The van der Waals surface area contributed by atoms with Gasteiger partial charge in [0.2, 0.25) is 5.91 Å². The van der Waals surface area contributed by atoms with Crippen molar-refractivity contribution >= 4 is 17.5 Å². The van der Waals surface area contributed by atoms with Crippen LogP contribution < -0.4 is 5.32 Å². The standard InChI is InChI=1S/C11H22ClNO/c1-5-9(6-7-12)13-10(14)8-11(2,3)4/h9H,5-8H2,1-4H3,(H,13,14). The third kappa shape index (κ3) is 7.19. The molecule has 0 heterocycles. The highest BCUT2D eigenvalue weighted by atomic mass is 35.5. The van der Waals surface area contributed by atoms with Gasteiger partial charge in [-0.05, 0) is 18.3 Å². The zero-order valence-electron chi connectivity index (χ0n) is 9.69. The first-order valence-corrected chi connectivity index (χ1v) is 5.78. The molecule has 0 aromatic heterocycles. The van der Waals surface area contributed by atoms with Gasteiger partial charge in [-0.15, -0.1) is 11.6 Å². The average molecular weight is 220 g/mol. The molecule has 0 aliphatic rings. The van der Waals surface area contributed by atoms with Gasteiger partial charge in [0.05, 0.1) is 0 Å². The first kappa shape index (κ1) is 13.8. The van der Waals surface area contributed by atoms with Crippen molar-refractivity contribution in [3.8, 4) is 0 Å². The number of rotatable bonds is 5. The molecular formula is C11H22ClNO. The van der Waals surface area contributed by atoms with Crippen LogP contribution in [0.25, 0.3) is 0 Å². The summed E-state index contributed by atoms with van der Waals surface area (Å²) >= 11 is 5.64. The van der Waals surface area contributed by atoms with E-state index in [4.69, 9.17) is 11.6 Å². The van der Waals surface area contributed by atoms with Crippen LogP contribution in [0.15, 0.2) is 0 Å². The Kier molecular flexibility index (Phi) is 6.17. The molecule has 0 radical (unpaired) electrons. The quantitative estimate of drug-likeness (QED) is 0.708. The summed E-state index contributed by atoms with van der Waals surface area (Å²) in [5, 5.41) is 3.00. The molecule has 0 aromatic carbocycles. The Morgan fingerprint density at radius 2 is 2.00 bits per heavy atom. The predicted octanol–water partition coefficient (Wildman–Crippen LogP) is 2.95. The van der Waals surface area contributed by atoms with Crippen LogP contribution in [0.5, 0.6) is 0 Å². The summed E-state index contributed by atoms with van der Waals surface area (Å²) in [4.78, 5) is 11.5. The average Bonchev–Trinajstić information content (AvgIpc) is 2.00. The molecule has 2 nitrogen and oxygen atoms in total. The molecule has 0 spiro atoms. The van der Waals surface area contributed by atoms with E-state index in [9.17, 15) is 4.79 Å². The molecule has 0 rings (SSSR count). The van der Waals surface area contributed by atoms with Crippen LogP contribution in [0.2, 0.25) is 0 Å². The lowest BCUT2D eigenvalue weighted by Crippen LogP contribution is -2.36. The molecule has 0 saturated carbocycles. The van der Waals surface area contributed by atoms with E-state index in [1.807, 2.05) is 0 Å². The second kappa shape index (κ2) is 6.28. The van der Waals surface area contributed by atoms with E-state index in [0.717, 1.165) is 12.8 Å². The Bertz CT molecular complexity index is 175. The highest BCUT2D eigenvalue weighted by molar-refractivity contribution is 6.17. The largest absolute Gasteiger partial charge is 0.353 e. The van der Waals surface area contributed by atoms with Crippen molar-refractivity contribution in [3.63, 3.8) is 0 Å². The van der Waals surface area contributed by atoms with Crippen molar-refractivity contribution in [1.82, 2.24) is 5.32 Å². The van der Waals surface area contributed by atoms with Crippen LogP contribution in [0.3, 0.4) is 0 Å². The number of halogens is 1.